The van der Waals surface area contributed by atoms with Gasteiger partial charge in [-0.15, -0.1) is 0 Å². The number of ether oxygens (including phenoxy) is 2. The molecule has 1 aliphatic rings. The summed E-state index contributed by atoms with van der Waals surface area (Å²) in [5.74, 6) is -0.272. The van der Waals surface area contributed by atoms with Gasteiger partial charge in [0.2, 0.25) is 5.82 Å². The Kier molecular flexibility index (Phi) is 5.94. The van der Waals surface area contributed by atoms with Crippen molar-refractivity contribution in [2.45, 2.75) is 31.9 Å². The van der Waals surface area contributed by atoms with E-state index in [-0.39, 0.29) is 24.6 Å². The number of imidazole rings is 1. The normalized spacial score (nSPS) is 18.0. The third kappa shape index (κ3) is 3.96. The summed E-state index contributed by atoms with van der Waals surface area (Å²) in [5, 5.41) is 12.8. The number of hydrogen-bond donors (Lipinski definition) is 1. The number of carbonyl (C=O) groups is 1. The summed E-state index contributed by atoms with van der Waals surface area (Å²) >= 11 is 0. The summed E-state index contributed by atoms with van der Waals surface area (Å²) in [5.41, 5.74) is 2.76. The lowest BCUT2D eigenvalue weighted by Crippen LogP contribution is -2.39. The first-order valence-corrected chi connectivity index (χ1v) is 12.4. The van der Waals surface area contributed by atoms with Crippen LogP contribution in [0.1, 0.15) is 41.3 Å². The van der Waals surface area contributed by atoms with E-state index in [4.69, 9.17) is 9.47 Å². The van der Waals surface area contributed by atoms with Crippen molar-refractivity contribution in [2.75, 3.05) is 19.8 Å². The zero-order chi connectivity index (χ0) is 25.5. The van der Waals surface area contributed by atoms with E-state index in [2.05, 4.69) is 9.97 Å². The maximum absolute atomic E-state index is 13.7. The zero-order valence-electron chi connectivity index (χ0n) is 20.3. The number of aromatic nitrogens is 4. The molecule has 1 fully saturated rings. The first-order chi connectivity index (χ1) is 18.1. The molecule has 0 bridgehead atoms. The van der Waals surface area contributed by atoms with Gasteiger partial charge in [0.15, 0.2) is 0 Å². The van der Waals surface area contributed by atoms with Gasteiger partial charge in [0.1, 0.15) is 0 Å². The van der Waals surface area contributed by atoms with Gasteiger partial charge >= 0.3 is 5.97 Å². The van der Waals surface area contributed by atoms with E-state index in [1.807, 2.05) is 48.5 Å². The van der Waals surface area contributed by atoms with Crippen LogP contribution in [0.15, 0.2) is 65.8 Å². The fourth-order valence-corrected chi connectivity index (χ4v) is 5.16. The highest BCUT2D eigenvalue weighted by molar-refractivity contribution is 6.06. The Morgan fingerprint density at radius 3 is 2.78 bits per heavy atom. The standard InChI is InChI=1S/C28H26N4O5/c1-2-37-28(35)26-30-21(22-9-5-6-11-31(22)26)14-17-13-20-25(19-8-4-3-7-18(17)19)29-16-32(27(20)34)23-15-36-12-10-24(23)33/h3-9,11,13,16,23-24,33H,2,10,12,14-15H2,1H3/t23-,24-/m0/s1. The van der Waals surface area contributed by atoms with E-state index >= 15 is 0 Å². The summed E-state index contributed by atoms with van der Waals surface area (Å²) in [7, 11) is 0. The number of rotatable bonds is 5. The molecule has 0 amide bonds. The smallest absolute Gasteiger partial charge is 0.374 e. The van der Waals surface area contributed by atoms with Crippen molar-refractivity contribution in [1.82, 2.24) is 18.9 Å². The van der Waals surface area contributed by atoms with Gasteiger partial charge in [-0.2, -0.15) is 0 Å². The van der Waals surface area contributed by atoms with Crippen LogP contribution in [0.2, 0.25) is 0 Å². The predicted molar refractivity (Wildman–Crippen MR) is 138 cm³/mol. The van der Waals surface area contributed by atoms with Gasteiger partial charge in [-0.3, -0.25) is 13.8 Å². The van der Waals surface area contributed by atoms with Crippen LogP contribution >= 0.6 is 0 Å². The average Bonchev–Trinajstić information content (AvgIpc) is 3.29. The average molecular weight is 499 g/mol. The minimum absolute atomic E-state index is 0.216. The summed E-state index contributed by atoms with van der Waals surface area (Å²) in [6.45, 7) is 2.74. The Hall–Kier alpha value is -4.08. The maximum Gasteiger partial charge on any atom is 0.374 e. The second-order valence-electron chi connectivity index (χ2n) is 9.17. The topological polar surface area (TPSA) is 108 Å². The second-order valence-corrected chi connectivity index (χ2v) is 9.17. The summed E-state index contributed by atoms with van der Waals surface area (Å²) in [4.78, 5) is 35.6. The first-order valence-electron chi connectivity index (χ1n) is 12.4. The number of aliphatic hydroxyl groups is 1. The van der Waals surface area contributed by atoms with Crippen molar-refractivity contribution in [1.29, 1.82) is 0 Å². The van der Waals surface area contributed by atoms with Crippen molar-refractivity contribution in [3.05, 3.63) is 88.5 Å². The fourth-order valence-electron chi connectivity index (χ4n) is 5.16. The number of nitrogens with zero attached hydrogens (tertiary/aromatic N) is 4. The zero-order valence-corrected chi connectivity index (χ0v) is 20.3. The second kappa shape index (κ2) is 9.42. The molecule has 5 aromatic rings. The minimum Gasteiger partial charge on any atom is -0.460 e. The number of carbonyl (C=O) groups excluding carboxylic acids is 1. The molecule has 0 spiro atoms. The Morgan fingerprint density at radius 2 is 1.97 bits per heavy atom. The van der Waals surface area contributed by atoms with Crippen LogP contribution in [-0.4, -0.2) is 55.9 Å². The summed E-state index contributed by atoms with van der Waals surface area (Å²) < 4.78 is 14.0. The van der Waals surface area contributed by atoms with Gasteiger partial charge in [-0.1, -0.05) is 30.3 Å². The minimum atomic E-state index is -0.677. The molecule has 0 saturated carbocycles. The lowest BCUT2D eigenvalue weighted by Gasteiger charge is -2.29. The van der Waals surface area contributed by atoms with E-state index < -0.39 is 18.1 Å². The molecule has 0 aliphatic carbocycles. The quantitative estimate of drug-likeness (QED) is 0.293. The molecule has 4 heterocycles. The van der Waals surface area contributed by atoms with E-state index in [1.54, 1.807) is 17.5 Å². The molecule has 9 nitrogen and oxygen atoms in total. The molecular formula is C28H26N4O5. The van der Waals surface area contributed by atoms with Gasteiger partial charge in [-0.25, -0.2) is 14.8 Å². The first kappa shape index (κ1) is 23.3. The van der Waals surface area contributed by atoms with Crippen LogP contribution < -0.4 is 5.56 Å². The molecule has 9 heteroatoms. The number of esters is 1. The number of benzene rings is 2. The van der Waals surface area contributed by atoms with E-state index in [0.29, 0.717) is 36.0 Å². The largest absolute Gasteiger partial charge is 0.460 e. The molecule has 1 aliphatic heterocycles. The van der Waals surface area contributed by atoms with Crippen LogP contribution in [0.25, 0.3) is 27.2 Å². The van der Waals surface area contributed by atoms with Crippen molar-refractivity contribution >= 4 is 33.2 Å². The van der Waals surface area contributed by atoms with E-state index in [1.165, 1.54) is 10.9 Å². The number of fused-ring (bicyclic) bond motifs is 4. The van der Waals surface area contributed by atoms with Crippen LogP contribution in [-0.2, 0) is 15.9 Å². The molecule has 2 atom stereocenters. The molecule has 37 heavy (non-hydrogen) atoms. The maximum atomic E-state index is 13.7. The highest BCUT2D eigenvalue weighted by atomic mass is 16.5. The van der Waals surface area contributed by atoms with Gasteiger partial charge < -0.3 is 14.6 Å². The van der Waals surface area contributed by atoms with Gasteiger partial charge in [0.05, 0.1) is 53.8 Å². The molecule has 0 unspecified atom stereocenters. The highest BCUT2D eigenvalue weighted by Gasteiger charge is 2.27. The fraction of sp³-hybridized carbons (Fsp3) is 0.286. The lowest BCUT2D eigenvalue weighted by molar-refractivity contribution is -0.0303. The van der Waals surface area contributed by atoms with Crippen LogP contribution in [0.3, 0.4) is 0 Å². The molecule has 188 valence electrons. The lowest BCUT2D eigenvalue weighted by atomic mass is 9.97. The SMILES string of the molecule is CCOC(=O)c1nc(Cc2cc3c(=O)n([C@H]4COCC[C@@H]4O)cnc3c3ccccc23)c2ccccn12. The Morgan fingerprint density at radius 1 is 1.16 bits per heavy atom. The Balaban J connectivity index is 1.53. The third-order valence-electron chi connectivity index (χ3n) is 6.97. The molecular weight excluding hydrogens is 472 g/mol. The van der Waals surface area contributed by atoms with Crippen molar-refractivity contribution in [3.8, 4) is 0 Å². The van der Waals surface area contributed by atoms with Gasteiger partial charge in [0, 0.05) is 24.6 Å². The van der Waals surface area contributed by atoms with Crippen LogP contribution in [0.5, 0.6) is 0 Å². The molecule has 2 aromatic carbocycles. The van der Waals surface area contributed by atoms with Gasteiger partial charge in [-0.05, 0) is 42.5 Å². The number of hydrogen-bond acceptors (Lipinski definition) is 7. The molecule has 1 saturated heterocycles. The molecule has 0 radical (unpaired) electrons. The summed E-state index contributed by atoms with van der Waals surface area (Å²) in [6.07, 6.45) is 3.48. The van der Waals surface area contributed by atoms with E-state index in [9.17, 15) is 14.7 Å². The summed E-state index contributed by atoms with van der Waals surface area (Å²) in [6, 6.07) is 14.8. The van der Waals surface area contributed by atoms with E-state index in [0.717, 1.165) is 21.9 Å². The monoisotopic (exact) mass is 498 g/mol. The predicted octanol–water partition coefficient (Wildman–Crippen LogP) is 3.29. The number of pyridine rings is 1. The van der Waals surface area contributed by atoms with Crippen LogP contribution in [0.4, 0.5) is 0 Å². The number of aliphatic hydroxyl groups excluding tert-OH is 1. The van der Waals surface area contributed by atoms with Crippen LogP contribution in [0, 0.1) is 0 Å². The third-order valence-corrected chi connectivity index (χ3v) is 6.97. The van der Waals surface area contributed by atoms with Crippen molar-refractivity contribution in [2.24, 2.45) is 0 Å². The van der Waals surface area contributed by atoms with Gasteiger partial charge in [0.25, 0.3) is 5.56 Å². The molecule has 1 N–H and O–H groups in total. The van der Waals surface area contributed by atoms with Crippen molar-refractivity contribution < 1.29 is 19.4 Å². The highest BCUT2D eigenvalue weighted by Crippen LogP contribution is 2.29. The Labute approximate surface area is 211 Å². The Bertz CT molecular complexity index is 1710. The molecule has 6 rings (SSSR count). The van der Waals surface area contributed by atoms with Crippen molar-refractivity contribution in [3.63, 3.8) is 0 Å². The molecule has 3 aromatic heterocycles.